The van der Waals surface area contributed by atoms with Gasteiger partial charge < -0.3 is 14.6 Å². The van der Waals surface area contributed by atoms with Gasteiger partial charge in [-0.2, -0.15) is 0 Å². The number of aliphatic imine (C=N–C) groups is 1. The quantitative estimate of drug-likeness (QED) is 0.556. The number of thioether (sulfide) groups is 1. The molecule has 0 aliphatic carbocycles. The highest BCUT2D eigenvalue weighted by atomic mass is 32.2. The van der Waals surface area contributed by atoms with Gasteiger partial charge in [-0.3, -0.25) is 0 Å². The van der Waals surface area contributed by atoms with E-state index in [0.29, 0.717) is 9.95 Å². The van der Waals surface area contributed by atoms with Crippen molar-refractivity contribution in [3.63, 3.8) is 0 Å². The van der Waals surface area contributed by atoms with Crippen molar-refractivity contribution in [2.24, 2.45) is 4.99 Å². The lowest BCUT2D eigenvalue weighted by Gasteiger charge is -2.05. The van der Waals surface area contributed by atoms with Crippen molar-refractivity contribution >= 4 is 45.3 Å². The molecule has 3 aromatic carbocycles. The number of methoxy groups -OCH3 is 2. The minimum absolute atomic E-state index is 0.0650. The number of carbonyl (C=O) groups excluding carboxylic acids is 1. The zero-order valence-corrected chi connectivity index (χ0v) is 17.3. The molecular weight excluding hydrogens is 398 g/mol. The summed E-state index contributed by atoms with van der Waals surface area (Å²) in [4.78, 5) is 17.6. The maximum atomic E-state index is 12.4. The third kappa shape index (κ3) is 3.82. The van der Waals surface area contributed by atoms with Gasteiger partial charge in [0.05, 0.1) is 24.8 Å². The van der Waals surface area contributed by atoms with Crippen LogP contribution in [0.4, 0.5) is 5.69 Å². The van der Waals surface area contributed by atoms with Crippen molar-refractivity contribution in [3.05, 3.63) is 88.5 Å². The standard InChI is InChI=1S/C24H19NO4S/c1-28-17-12-10-15(11-13-17)14-20-22(26)21(24(27)29-2)23(30-20)25-19-9-5-7-16-6-3-4-8-18(16)19/h3-14,26H,1-2H3. The van der Waals surface area contributed by atoms with Crippen molar-refractivity contribution < 1.29 is 19.4 Å². The molecular formula is C24H19NO4S. The Morgan fingerprint density at radius 1 is 1.00 bits per heavy atom. The predicted molar refractivity (Wildman–Crippen MR) is 121 cm³/mol. The van der Waals surface area contributed by atoms with E-state index < -0.39 is 5.97 Å². The smallest absolute Gasteiger partial charge is 0.344 e. The molecule has 0 fully saturated rings. The van der Waals surface area contributed by atoms with Crippen LogP contribution in [0.25, 0.3) is 16.8 Å². The normalized spacial score (nSPS) is 16.5. The van der Waals surface area contributed by atoms with E-state index >= 15 is 0 Å². The molecule has 0 aromatic heterocycles. The zero-order valence-electron chi connectivity index (χ0n) is 16.5. The number of rotatable bonds is 4. The summed E-state index contributed by atoms with van der Waals surface area (Å²) < 4.78 is 10.1. The van der Waals surface area contributed by atoms with Gasteiger partial charge in [-0.1, -0.05) is 60.3 Å². The lowest BCUT2D eigenvalue weighted by atomic mass is 10.1. The molecule has 0 saturated heterocycles. The van der Waals surface area contributed by atoms with Crippen molar-refractivity contribution in [2.75, 3.05) is 14.2 Å². The largest absolute Gasteiger partial charge is 0.506 e. The van der Waals surface area contributed by atoms with E-state index in [4.69, 9.17) is 14.5 Å². The van der Waals surface area contributed by atoms with Gasteiger partial charge >= 0.3 is 5.97 Å². The zero-order chi connectivity index (χ0) is 21.1. The topological polar surface area (TPSA) is 68.1 Å². The molecule has 150 valence electrons. The van der Waals surface area contributed by atoms with Crippen molar-refractivity contribution in [1.82, 2.24) is 0 Å². The van der Waals surface area contributed by atoms with Gasteiger partial charge in [0.1, 0.15) is 22.1 Å². The summed E-state index contributed by atoms with van der Waals surface area (Å²) in [5.41, 5.74) is 1.64. The highest BCUT2D eigenvalue weighted by molar-refractivity contribution is 8.18. The SMILES string of the molecule is COC(=O)C1=C(O)C(=Cc2ccc(OC)cc2)SC1=Nc1cccc2ccccc12. The number of carbonyl (C=O) groups is 1. The molecule has 0 spiro atoms. The van der Waals surface area contributed by atoms with Crippen LogP contribution in [0.1, 0.15) is 5.56 Å². The van der Waals surface area contributed by atoms with Crippen molar-refractivity contribution in [2.45, 2.75) is 0 Å². The fourth-order valence-electron chi connectivity index (χ4n) is 3.16. The maximum absolute atomic E-state index is 12.4. The van der Waals surface area contributed by atoms with Crippen LogP contribution in [-0.2, 0) is 9.53 Å². The highest BCUT2D eigenvalue weighted by Crippen LogP contribution is 2.41. The summed E-state index contributed by atoms with van der Waals surface area (Å²) in [5, 5.41) is 13.2. The van der Waals surface area contributed by atoms with Crippen LogP contribution in [0.5, 0.6) is 5.75 Å². The molecule has 0 radical (unpaired) electrons. The summed E-state index contributed by atoms with van der Waals surface area (Å²) in [7, 11) is 2.89. The lowest BCUT2D eigenvalue weighted by molar-refractivity contribution is -0.135. The first-order valence-electron chi connectivity index (χ1n) is 9.23. The average Bonchev–Trinajstić information content (AvgIpc) is 3.08. The highest BCUT2D eigenvalue weighted by Gasteiger charge is 2.33. The molecule has 1 aliphatic heterocycles. The molecule has 1 heterocycles. The van der Waals surface area contributed by atoms with E-state index in [1.165, 1.54) is 18.9 Å². The van der Waals surface area contributed by atoms with Gasteiger partial charge in [-0.15, -0.1) is 0 Å². The maximum Gasteiger partial charge on any atom is 0.344 e. The Morgan fingerprint density at radius 2 is 1.73 bits per heavy atom. The summed E-state index contributed by atoms with van der Waals surface area (Å²) in [6.45, 7) is 0. The fourth-order valence-corrected chi connectivity index (χ4v) is 4.19. The second-order valence-electron chi connectivity index (χ2n) is 6.51. The third-order valence-corrected chi connectivity index (χ3v) is 5.70. The van der Waals surface area contributed by atoms with Crippen LogP contribution < -0.4 is 4.74 Å². The number of hydrogen-bond donors (Lipinski definition) is 1. The van der Waals surface area contributed by atoms with Gasteiger partial charge in [0.2, 0.25) is 0 Å². The molecule has 0 bridgehead atoms. The molecule has 1 N–H and O–H groups in total. The molecule has 6 heteroatoms. The van der Waals surface area contributed by atoms with Crippen molar-refractivity contribution in [3.8, 4) is 5.75 Å². The summed E-state index contributed by atoms with van der Waals surface area (Å²) in [5.74, 6) is -0.0248. The predicted octanol–water partition coefficient (Wildman–Crippen LogP) is 5.65. The second-order valence-corrected chi connectivity index (χ2v) is 7.54. The molecule has 0 atom stereocenters. The molecule has 5 nitrogen and oxygen atoms in total. The van der Waals surface area contributed by atoms with Gasteiger partial charge in [-0.05, 0) is 35.2 Å². The van der Waals surface area contributed by atoms with Gasteiger partial charge in [0.25, 0.3) is 0 Å². The van der Waals surface area contributed by atoms with Crippen LogP contribution in [0.3, 0.4) is 0 Å². The number of aliphatic hydroxyl groups excluding tert-OH is 1. The fraction of sp³-hybridized carbons (Fsp3) is 0.0833. The Kier molecular flexibility index (Phi) is 5.59. The summed E-state index contributed by atoms with van der Waals surface area (Å²) in [6, 6.07) is 21.1. The van der Waals surface area contributed by atoms with Crippen molar-refractivity contribution in [1.29, 1.82) is 0 Å². The number of esters is 1. The van der Waals surface area contributed by atoms with Crippen LogP contribution in [0.15, 0.2) is 88.0 Å². The molecule has 0 unspecified atom stereocenters. The van der Waals surface area contributed by atoms with Crippen LogP contribution in [0, 0.1) is 0 Å². The van der Waals surface area contributed by atoms with Gasteiger partial charge in [0, 0.05) is 5.39 Å². The number of benzene rings is 3. The number of hydrogen-bond acceptors (Lipinski definition) is 6. The first kappa shape index (κ1) is 19.8. The molecule has 0 saturated carbocycles. The van der Waals surface area contributed by atoms with E-state index in [2.05, 4.69) is 0 Å². The number of nitrogens with zero attached hydrogens (tertiary/aromatic N) is 1. The molecule has 0 amide bonds. The van der Waals surface area contributed by atoms with E-state index in [1.807, 2.05) is 66.7 Å². The van der Waals surface area contributed by atoms with E-state index in [9.17, 15) is 9.90 Å². The monoisotopic (exact) mass is 417 g/mol. The Balaban J connectivity index is 1.79. The van der Waals surface area contributed by atoms with Gasteiger partial charge in [-0.25, -0.2) is 9.79 Å². The Bertz CT molecular complexity index is 1200. The molecule has 4 rings (SSSR count). The minimum atomic E-state index is -0.628. The number of aliphatic hydroxyl groups is 1. The van der Waals surface area contributed by atoms with E-state index in [1.54, 1.807) is 13.2 Å². The lowest BCUT2D eigenvalue weighted by Crippen LogP contribution is -2.10. The average molecular weight is 417 g/mol. The molecule has 1 aliphatic rings. The Labute approximate surface area is 178 Å². The van der Waals surface area contributed by atoms with E-state index in [0.717, 1.165) is 27.8 Å². The van der Waals surface area contributed by atoms with Crippen LogP contribution >= 0.6 is 11.8 Å². The minimum Gasteiger partial charge on any atom is -0.506 e. The third-order valence-electron chi connectivity index (χ3n) is 4.68. The summed E-state index contributed by atoms with van der Waals surface area (Å²) in [6.07, 6.45) is 1.80. The van der Waals surface area contributed by atoms with Crippen LogP contribution in [-0.4, -0.2) is 30.3 Å². The van der Waals surface area contributed by atoms with E-state index in [-0.39, 0.29) is 11.3 Å². The number of fused-ring (bicyclic) bond motifs is 1. The Hall–Kier alpha value is -3.51. The molecule has 3 aromatic rings. The summed E-state index contributed by atoms with van der Waals surface area (Å²) >= 11 is 1.23. The first-order valence-corrected chi connectivity index (χ1v) is 10.0. The van der Waals surface area contributed by atoms with Crippen LogP contribution in [0.2, 0.25) is 0 Å². The molecule has 30 heavy (non-hydrogen) atoms. The van der Waals surface area contributed by atoms with Gasteiger partial charge in [0.15, 0.2) is 0 Å². The second kappa shape index (κ2) is 8.47. The first-order chi connectivity index (χ1) is 14.6. The Morgan fingerprint density at radius 3 is 2.47 bits per heavy atom. The number of ether oxygens (including phenoxy) is 2.